The number of hydrogen-bond acceptors (Lipinski definition) is 4. The summed E-state index contributed by atoms with van der Waals surface area (Å²) < 4.78 is 5.46. The summed E-state index contributed by atoms with van der Waals surface area (Å²) in [6.07, 6.45) is 1.50. The molecule has 0 radical (unpaired) electrons. The Labute approximate surface area is 117 Å². The van der Waals surface area contributed by atoms with Gasteiger partial charge in [0.05, 0.1) is 17.7 Å². The highest BCUT2D eigenvalue weighted by molar-refractivity contribution is 6.30. The highest BCUT2D eigenvalue weighted by atomic mass is 35.5. The van der Waals surface area contributed by atoms with Crippen LogP contribution in [0.5, 0.6) is 5.75 Å². The van der Waals surface area contributed by atoms with Gasteiger partial charge in [-0.15, -0.1) is 0 Å². The van der Waals surface area contributed by atoms with E-state index in [0.717, 1.165) is 11.3 Å². The highest BCUT2D eigenvalue weighted by Gasteiger charge is 2.14. The van der Waals surface area contributed by atoms with Crippen molar-refractivity contribution in [3.05, 3.63) is 52.7 Å². The molecule has 0 aliphatic rings. The second kappa shape index (κ2) is 5.91. The summed E-state index contributed by atoms with van der Waals surface area (Å²) in [5.41, 5.74) is 13.7. The molecule has 4 N–H and O–H groups in total. The van der Waals surface area contributed by atoms with Crippen molar-refractivity contribution in [2.24, 2.45) is 5.73 Å². The molecule has 0 aliphatic heterocycles. The van der Waals surface area contributed by atoms with Gasteiger partial charge < -0.3 is 16.2 Å². The van der Waals surface area contributed by atoms with Crippen molar-refractivity contribution in [3.63, 3.8) is 0 Å². The Kier molecular flexibility index (Phi) is 4.24. The molecule has 0 aliphatic carbocycles. The number of nitrogen functional groups attached to an aromatic ring is 1. The Bertz CT molecular complexity index is 574. The minimum Gasteiger partial charge on any atom is -0.494 e. The lowest BCUT2D eigenvalue weighted by Gasteiger charge is -2.15. The van der Waals surface area contributed by atoms with E-state index in [0.29, 0.717) is 23.0 Å². The smallest absolute Gasteiger partial charge is 0.128 e. The molecule has 2 rings (SSSR count). The molecule has 0 saturated carbocycles. The molecule has 0 fully saturated rings. The first kappa shape index (κ1) is 13.6. The van der Waals surface area contributed by atoms with Crippen LogP contribution in [0.15, 0.2) is 36.5 Å². The third-order valence-corrected chi connectivity index (χ3v) is 2.99. The van der Waals surface area contributed by atoms with E-state index in [4.69, 9.17) is 27.8 Å². The van der Waals surface area contributed by atoms with Crippen molar-refractivity contribution in [1.82, 2.24) is 4.98 Å². The van der Waals surface area contributed by atoms with Gasteiger partial charge in [-0.1, -0.05) is 23.7 Å². The largest absolute Gasteiger partial charge is 0.494 e. The monoisotopic (exact) mass is 277 g/mol. The molecular weight excluding hydrogens is 262 g/mol. The standard InChI is InChI=1S/C14H16ClN3O/c1-2-19-11-5-3-4-9(6-11)13(16)12-7-10(15)8-18-14(12)17/h3-8,13H,2,16H2,1H3,(H2,17,18). The fraction of sp³-hybridized carbons (Fsp3) is 0.214. The summed E-state index contributed by atoms with van der Waals surface area (Å²) in [6.45, 7) is 2.55. The van der Waals surface area contributed by atoms with Gasteiger partial charge in [0, 0.05) is 11.8 Å². The second-order valence-electron chi connectivity index (χ2n) is 4.11. The molecule has 100 valence electrons. The Hall–Kier alpha value is -1.78. The summed E-state index contributed by atoms with van der Waals surface area (Å²) in [5, 5.41) is 0.514. The number of nitrogens with two attached hydrogens (primary N) is 2. The van der Waals surface area contributed by atoms with E-state index in [1.54, 1.807) is 6.07 Å². The van der Waals surface area contributed by atoms with Crippen LogP contribution >= 0.6 is 11.6 Å². The quantitative estimate of drug-likeness (QED) is 0.901. The number of pyridine rings is 1. The van der Waals surface area contributed by atoms with E-state index in [-0.39, 0.29) is 6.04 Å². The van der Waals surface area contributed by atoms with Crippen LogP contribution in [0.4, 0.5) is 5.82 Å². The van der Waals surface area contributed by atoms with Crippen LogP contribution in [0.25, 0.3) is 0 Å². The predicted molar refractivity (Wildman–Crippen MR) is 77.3 cm³/mol. The third kappa shape index (κ3) is 3.16. The molecular formula is C14H16ClN3O. The molecule has 2 aromatic rings. The minimum absolute atomic E-state index is 0.383. The van der Waals surface area contributed by atoms with Gasteiger partial charge in [-0.25, -0.2) is 4.98 Å². The number of rotatable bonds is 4. The zero-order chi connectivity index (χ0) is 13.8. The summed E-state index contributed by atoms with van der Waals surface area (Å²) in [6, 6.07) is 8.96. The Morgan fingerprint density at radius 3 is 2.89 bits per heavy atom. The van der Waals surface area contributed by atoms with Gasteiger partial charge in [-0.2, -0.15) is 0 Å². The maximum Gasteiger partial charge on any atom is 0.128 e. The first-order chi connectivity index (χ1) is 9.11. The van der Waals surface area contributed by atoms with E-state index >= 15 is 0 Å². The van der Waals surface area contributed by atoms with Gasteiger partial charge in [0.1, 0.15) is 11.6 Å². The van der Waals surface area contributed by atoms with Gasteiger partial charge in [-0.05, 0) is 30.7 Å². The van der Waals surface area contributed by atoms with E-state index in [2.05, 4.69) is 4.98 Å². The molecule has 0 saturated heterocycles. The Morgan fingerprint density at radius 2 is 2.16 bits per heavy atom. The van der Waals surface area contributed by atoms with Crippen LogP contribution in [0.3, 0.4) is 0 Å². The lowest BCUT2D eigenvalue weighted by atomic mass is 10.00. The van der Waals surface area contributed by atoms with Gasteiger partial charge in [0.15, 0.2) is 0 Å². The van der Waals surface area contributed by atoms with Crippen LogP contribution in [-0.2, 0) is 0 Å². The summed E-state index contributed by atoms with van der Waals surface area (Å²) in [5.74, 6) is 1.17. The molecule has 0 bridgehead atoms. The SMILES string of the molecule is CCOc1cccc(C(N)c2cc(Cl)cnc2N)c1. The van der Waals surface area contributed by atoms with Crippen molar-refractivity contribution in [2.45, 2.75) is 13.0 Å². The number of anilines is 1. The number of hydrogen-bond donors (Lipinski definition) is 2. The molecule has 1 unspecified atom stereocenters. The maximum absolute atomic E-state index is 6.22. The average molecular weight is 278 g/mol. The van der Waals surface area contributed by atoms with Crippen molar-refractivity contribution < 1.29 is 4.74 Å². The average Bonchev–Trinajstić information content (AvgIpc) is 2.41. The van der Waals surface area contributed by atoms with Crippen LogP contribution in [0.1, 0.15) is 24.1 Å². The molecule has 19 heavy (non-hydrogen) atoms. The van der Waals surface area contributed by atoms with Crippen LogP contribution in [0, 0.1) is 0 Å². The molecule has 0 spiro atoms. The van der Waals surface area contributed by atoms with Crippen LogP contribution in [0.2, 0.25) is 5.02 Å². The minimum atomic E-state index is -0.383. The zero-order valence-corrected chi connectivity index (χ0v) is 11.4. The molecule has 5 heteroatoms. The number of nitrogens with zero attached hydrogens (tertiary/aromatic N) is 1. The Morgan fingerprint density at radius 1 is 1.37 bits per heavy atom. The second-order valence-corrected chi connectivity index (χ2v) is 4.55. The van der Waals surface area contributed by atoms with E-state index in [1.165, 1.54) is 6.20 Å². The molecule has 1 aromatic carbocycles. The number of benzene rings is 1. The lowest BCUT2D eigenvalue weighted by Crippen LogP contribution is -2.14. The molecule has 4 nitrogen and oxygen atoms in total. The lowest BCUT2D eigenvalue weighted by molar-refractivity contribution is 0.340. The van der Waals surface area contributed by atoms with Crippen LogP contribution in [-0.4, -0.2) is 11.6 Å². The summed E-state index contributed by atoms with van der Waals surface area (Å²) in [4.78, 5) is 4.02. The van der Waals surface area contributed by atoms with Crippen molar-refractivity contribution in [3.8, 4) is 5.75 Å². The maximum atomic E-state index is 6.22. The van der Waals surface area contributed by atoms with Crippen molar-refractivity contribution in [2.75, 3.05) is 12.3 Å². The summed E-state index contributed by atoms with van der Waals surface area (Å²) in [7, 11) is 0. The van der Waals surface area contributed by atoms with Crippen LogP contribution < -0.4 is 16.2 Å². The third-order valence-electron chi connectivity index (χ3n) is 2.78. The van der Waals surface area contributed by atoms with E-state index < -0.39 is 0 Å². The fourth-order valence-corrected chi connectivity index (χ4v) is 2.02. The van der Waals surface area contributed by atoms with E-state index in [1.807, 2.05) is 31.2 Å². The highest BCUT2D eigenvalue weighted by Crippen LogP contribution is 2.27. The molecule has 1 heterocycles. The molecule has 0 amide bonds. The topological polar surface area (TPSA) is 74.2 Å². The Balaban J connectivity index is 2.35. The van der Waals surface area contributed by atoms with Gasteiger partial charge in [0.25, 0.3) is 0 Å². The molecule has 1 atom stereocenters. The number of ether oxygens (including phenoxy) is 1. The number of aromatic nitrogens is 1. The summed E-state index contributed by atoms with van der Waals surface area (Å²) >= 11 is 5.93. The predicted octanol–water partition coefficient (Wildman–Crippen LogP) is 2.76. The van der Waals surface area contributed by atoms with Crippen molar-refractivity contribution in [1.29, 1.82) is 0 Å². The first-order valence-electron chi connectivity index (χ1n) is 6.01. The fourth-order valence-electron chi connectivity index (χ4n) is 1.86. The number of halogens is 1. The molecule has 1 aromatic heterocycles. The van der Waals surface area contributed by atoms with Crippen molar-refractivity contribution >= 4 is 17.4 Å². The van der Waals surface area contributed by atoms with Gasteiger partial charge in [0.2, 0.25) is 0 Å². The zero-order valence-electron chi connectivity index (χ0n) is 10.6. The van der Waals surface area contributed by atoms with Gasteiger partial charge >= 0.3 is 0 Å². The normalized spacial score (nSPS) is 12.2. The van der Waals surface area contributed by atoms with E-state index in [9.17, 15) is 0 Å². The first-order valence-corrected chi connectivity index (χ1v) is 6.39. The van der Waals surface area contributed by atoms with Gasteiger partial charge in [-0.3, -0.25) is 0 Å².